The van der Waals surface area contributed by atoms with Crippen LogP contribution >= 0.6 is 0 Å². The molecular formula is C6H12N. The minimum Gasteiger partial charge on any atom is -0.301 e. The summed E-state index contributed by atoms with van der Waals surface area (Å²) in [5.41, 5.74) is 0. The van der Waals surface area contributed by atoms with Gasteiger partial charge >= 0.3 is 0 Å². The Balaban J connectivity index is 1.80. The number of rotatable bonds is 3. The normalized spacial score (nSPS) is 20.1. The third-order valence-corrected chi connectivity index (χ3v) is 1.26. The van der Waals surface area contributed by atoms with Gasteiger partial charge in [-0.15, -0.1) is 0 Å². The molecule has 1 nitrogen and oxygen atoms in total. The van der Waals surface area contributed by atoms with Gasteiger partial charge in [0.05, 0.1) is 0 Å². The molecule has 41 valence electrons. The fourth-order valence-electron chi connectivity index (χ4n) is 0.630. The molecule has 1 heteroatoms. The SMILES string of the molecule is [CH2]CCCN1CC1. The fraction of sp³-hybridized carbons (Fsp3) is 0.833. The van der Waals surface area contributed by atoms with E-state index >= 15 is 0 Å². The Labute approximate surface area is 45.3 Å². The molecule has 1 heterocycles. The lowest BCUT2D eigenvalue weighted by atomic mass is 10.3. The minimum atomic E-state index is 1.09. The molecule has 0 aromatic carbocycles. The van der Waals surface area contributed by atoms with E-state index < -0.39 is 0 Å². The molecule has 0 atom stereocenters. The van der Waals surface area contributed by atoms with Crippen molar-refractivity contribution in [2.24, 2.45) is 0 Å². The first-order chi connectivity index (χ1) is 3.43. The number of hydrogen-bond donors (Lipinski definition) is 0. The van der Waals surface area contributed by atoms with Crippen LogP contribution in [0.15, 0.2) is 0 Å². The van der Waals surface area contributed by atoms with E-state index in [1.165, 1.54) is 26.1 Å². The number of unbranched alkanes of at least 4 members (excludes halogenated alkanes) is 1. The van der Waals surface area contributed by atoms with Gasteiger partial charge in [0.15, 0.2) is 0 Å². The standard InChI is InChI=1S/C6H12N/c1-2-3-4-7-5-6-7/h1-6H2. The Morgan fingerprint density at radius 2 is 2.14 bits per heavy atom. The maximum atomic E-state index is 3.76. The zero-order chi connectivity index (χ0) is 5.11. The summed E-state index contributed by atoms with van der Waals surface area (Å²) < 4.78 is 0. The first-order valence-corrected chi connectivity index (χ1v) is 2.95. The van der Waals surface area contributed by atoms with Gasteiger partial charge < -0.3 is 4.90 Å². The van der Waals surface area contributed by atoms with Crippen LogP contribution in [0.2, 0.25) is 0 Å². The topological polar surface area (TPSA) is 3.01 Å². The average molecular weight is 98.2 g/mol. The zero-order valence-corrected chi connectivity index (χ0v) is 4.69. The van der Waals surface area contributed by atoms with Gasteiger partial charge in [-0.3, -0.25) is 0 Å². The summed E-state index contributed by atoms with van der Waals surface area (Å²) in [6, 6.07) is 0. The van der Waals surface area contributed by atoms with Crippen molar-refractivity contribution in [3.63, 3.8) is 0 Å². The zero-order valence-electron chi connectivity index (χ0n) is 4.69. The molecule has 0 aromatic rings. The summed E-state index contributed by atoms with van der Waals surface area (Å²) in [5.74, 6) is 0. The van der Waals surface area contributed by atoms with E-state index in [1.807, 2.05) is 0 Å². The molecule has 1 radical (unpaired) electrons. The van der Waals surface area contributed by atoms with E-state index in [0.29, 0.717) is 0 Å². The summed E-state index contributed by atoms with van der Waals surface area (Å²) in [6.45, 7) is 7.71. The van der Waals surface area contributed by atoms with Crippen LogP contribution in [0.3, 0.4) is 0 Å². The molecular weight excluding hydrogens is 86.1 g/mol. The van der Waals surface area contributed by atoms with Gasteiger partial charge in [-0.05, 0) is 13.0 Å². The molecule has 0 unspecified atom stereocenters. The number of hydrogen-bond acceptors (Lipinski definition) is 1. The molecule has 0 saturated carbocycles. The van der Waals surface area contributed by atoms with Crippen LogP contribution in [-0.2, 0) is 0 Å². The van der Waals surface area contributed by atoms with E-state index in [2.05, 4.69) is 11.8 Å². The molecule has 7 heavy (non-hydrogen) atoms. The molecule has 1 saturated heterocycles. The van der Waals surface area contributed by atoms with Crippen LogP contribution in [0.4, 0.5) is 0 Å². The van der Waals surface area contributed by atoms with Crippen molar-refractivity contribution in [1.82, 2.24) is 4.90 Å². The van der Waals surface area contributed by atoms with Crippen molar-refractivity contribution in [1.29, 1.82) is 0 Å². The molecule has 1 fully saturated rings. The van der Waals surface area contributed by atoms with Gasteiger partial charge in [0, 0.05) is 13.1 Å². The lowest BCUT2D eigenvalue weighted by molar-refractivity contribution is 0.538. The average Bonchev–Trinajstić information content (AvgIpc) is 2.42. The summed E-state index contributed by atoms with van der Waals surface area (Å²) in [4.78, 5) is 2.42. The maximum absolute atomic E-state index is 3.76. The molecule has 0 spiro atoms. The van der Waals surface area contributed by atoms with Crippen LogP contribution < -0.4 is 0 Å². The Morgan fingerprint density at radius 1 is 1.43 bits per heavy atom. The van der Waals surface area contributed by atoms with Gasteiger partial charge in [0.1, 0.15) is 0 Å². The van der Waals surface area contributed by atoms with Crippen LogP contribution in [0.5, 0.6) is 0 Å². The minimum absolute atomic E-state index is 1.09. The highest BCUT2D eigenvalue weighted by atomic mass is 15.2. The van der Waals surface area contributed by atoms with E-state index in [-0.39, 0.29) is 0 Å². The first-order valence-electron chi connectivity index (χ1n) is 2.95. The van der Waals surface area contributed by atoms with Crippen molar-refractivity contribution < 1.29 is 0 Å². The van der Waals surface area contributed by atoms with E-state index in [4.69, 9.17) is 0 Å². The predicted octanol–water partition coefficient (Wildman–Crippen LogP) is 0.916. The van der Waals surface area contributed by atoms with Gasteiger partial charge in [-0.1, -0.05) is 13.3 Å². The molecule has 0 N–H and O–H groups in total. The molecule has 0 bridgehead atoms. The second-order valence-electron chi connectivity index (χ2n) is 2.05. The predicted molar refractivity (Wildman–Crippen MR) is 31.0 cm³/mol. The second kappa shape index (κ2) is 2.31. The molecule has 1 aliphatic heterocycles. The quantitative estimate of drug-likeness (QED) is 0.474. The summed E-state index contributed by atoms with van der Waals surface area (Å²) in [5, 5.41) is 0. The molecule has 1 rings (SSSR count). The van der Waals surface area contributed by atoms with Gasteiger partial charge in [0.25, 0.3) is 0 Å². The Hall–Kier alpha value is -0.0400. The van der Waals surface area contributed by atoms with Crippen LogP contribution in [0.25, 0.3) is 0 Å². The van der Waals surface area contributed by atoms with Gasteiger partial charge in [0.2, 0.25) is 0 Å². The van der Waals surface area contributed by atoms with E-state index in [1.54, 1.807) is 0 Å². The molecule has 0 aromatic heterocycles. The van der Waals surface area contributed by atoms with Gasteiger partial charge in [-0.2, -0.15) is 0 Å². The molecule has 1 aliphatic rings. The highest BCUT2D eigenvalue weighted by Crippen LogP contribution is 2.03. The smallest absolute Gasteiger partial charge is 0.0110 e. The fourth-order valence-corrected chi connectivity index (χ4v) is 0.630. The monoisotopic (exact) mass is 98.1 g/mol. The van der Waals surface area contributed by atoms with Crippen LogP contribution in [0.1, 0.15) is 12.8 Å². The summed E-state index contributed by atoms with van der Waals surface area (Å²) in [7, 11) is 0. The highest BCUT2D eigenvalue weighted by Gasteiger charge is 2.14. The largest absolute Gasteiger partial charge is 0.301 e. The maximum Gasteiger partial charge on any atom is 0.0110 e. The second-order valence-corrected chi connectivity index (χ2v) is 2.05. The third-order valence-electron chi connectivity index (χ3n) is 1.26. The van der Waals surface area contributed by atoms with Crippen molar-refractivity contribution >= 4 is 0 Å². The molecule has 0 aliphatic carbocycles. The lowest BCUT2D eigenvalue weighted by Gasteiger charge is -1.93. The van der Waals surface area contributed by atoms with E-state index in [9.17, 15) is 0 Å². The van der Waals surface area contributed by atoms with Crippen LogP contribution in [0, 0.1) is 6.92 Å². The Kier molecular flexibility index (Phi) is 1.69. The third kappa shape index (κ3) is 1.93. The van der Waals surface area contributed by atoms with Gasteiger partial charge in [-0.25, -0.2) is 0 Å². The number of nitrogens with zero attached hydrogens (tertiary/aromatic N) is 1. The summed E-state index contributed by atoms with van der Waals surface area (Å²) in [6.07, 6.45) is 2.37. The summed E-state index contributed by atoms with van der Waals surface area (Å²) >= 11 is 0. The molecule has 0 amide bonds. The van der Waals surface area contributed by atoms with Crippen molar-refractivity contribution in [2.45, 2.75) is 12.8 Å². The van der Waals surface area contributed by atoms with E-state index in [0.717, 1.165) is 6.42 Å². The first kappa shape index (κ1) is 5.10. The lowest BCUT2D eigenvalue weighted by Crippen LogP contribution is -1.96. The van der Waals surface area contributed by atoms with Crippen molar-refractivity contribution in [2.75, 3.05) is 19.6 Å². The Morgan fingerprint density at radius 3 is 2.57 bits per heavy atom. The van der Waals surface area contributed by atoms with Crippen molar-refractivity contribution in [3.05, 3.63) is 6.92 Å². The van der Waals surface area contributed by atoms with Crippen LogP contribution in [-0.4, -0.2) is 24.5 Å². The van der Waals surface area contributed by atoms with Crippen molar-refractivity contribution in [3.8, 4) is 0 Å². The highest BCUT2D eigenvalue weighted by molar-refractivity contribution is 4.71. The Bertz CT molecular complexity index is 48.1.